The summed E-state index contributed by atoms with van der Waals surface area (Å²) in [6, 6.07) is 10.5. The Kier molecular flexibility index (Phi) is 3.43. The topological polar surface area (TPSA) is 29.5 Å². The predicted molar refractivity (Wildman–Crippen MR) is 96.4 cm³/mol. The van der Waals surface area contributed by atoms with Crippen molar-refractivity contribution in [2.75, 3.05) is 27.2 Å². The highest BCUT2D eigenvalue weighted by Crippen LogP contribution is 2.51. The summed E-state index contributed by atoms with van der Waals surface area (Å²) in [5.74, 6) is 1.24. The van der Waals surface area contributed by atoms with E-state index in [9.17, 15) is 5.11 Å². The van der Waals surface area contributed by atoms with Crippen LogP contribution in [-0.2, 0) is 12.8 Å². The maximum atomic E-state index is 10.5. The molecule has 1 aliphatic heterocycles. The van der Waals surface area contributed by atoms with E-state index in [2.05, 4.69) is 31.8 Å². The summed E-state index contributed by atoms with van der Waals surface area (Å²) in [6.07, 6.45) is 4.02. The molecule has 0 bridgehead atoms. The van der Waals surface area contributed by atoms with Crippen LogP contribution in [0, 0.1) is 0 Å². The molecule has 1 aliphatic carbocycles. The fourth-order valence-electron chi connectivity index (χ4n) is 4.56. The number of nitrogens with zero attached hydrogens (tertiary/aromatic N) is 1. The molecule has 0 fully saturated rings. The molecule has 2 aliphatic rings. The zero-order valence-corrected chi connectivity index (χ0v) is 14.4. The van der Waals surface area contributed by atoms with E-state index in [4.69, 9.17) is 4.74 Å². The van der Waals surface area contributed by atoms with Gasteiger partial charge < -0.3 is 14.3 Å². The fourth-order valence-corrected chi connectivity index (χ4v) is 4.56. The number of phenolic OH excluding ortho intramolecular Hbond substituents is 1. The molecule has 0 aromatic heterocycles. The molecule has 1 heterocycles. The Hall–Kier alpha value is -2.26. The monoisotopic (exact) mass is 322 g/mol. The Bertz CT molecular complexity index is 827. The van der Waals surface area contributed by atoms with Crippen LogP contribution in [-0.4, -0.2) is 36.8 Å². The number of rotatable bonds is 3. The van der Waals surface area contributed by atoms with Gasteiger partial charge in [-0.05, 0) is 41.0 Å². The van der Waals surface area contributed by atoms with E-state index in [1.54, 1.807) is 13.2 Å². The first-order chi connectivity index (χ1) is 11.6. The van der Waals surface area contributed by atoms with Crippen molar-refractivity contribution in [3.63, 3.8) is 0 Å². The van der Waals surface area contributed by atoms with Crippen molar-refractivity contribution >= 4 is 0 Å². The summed E-state index contributed by atoms with van der Waals surface area (Å²) in [4.78, 5) is 0. The second kappa shape index (κ2) is 5.38. The maximum Gasteiger partial charge on any atom is 0.123 e. The molecule has 124 valence electrons. The molecular formula is C21H24NO2+. The Labute approximate surface area is 143 Å². The number of likely N-dealkylation sites (N-methyl/N-ethyl adjacent to an activating group) is 1. The molecule has 3 heteroatoms. The van der Waals surface area contributed by atoms with Gasteiger partial charge in [0.2, 0.25) is 0 Å². The van der Waals surface area contributed by atoms with Gasteiger partial charge >= 0.3 is 0 Å². The van der Waals surface area contributed by atoms with Crippen LogP contribution in [0.25, 0.3) is 11.1 Å². The van der Waals surface area contributed by atoms with Crippen molar-refractivity contribution in [3.8, 4) is 22.6 Å². The van der Waals surface area contributed by atoms with Crippen molar-refractivity contribution in [2.45, 2.75) is 18.9 Å². The second-order valence-electron chi connectivity index (χ2n) is 7.20. The molecule has 3 nitrogen and oxygen atoms in total. The lowest BCUT2D eigenvalue weighted by Crippen LogP contribution is -2.52. The first kappa shape index (κ1) is 15.3. The van der Waals surface area contributed by atoms with Crippen molar-refractivity contribution in [2.24, 2.45) is 0 Å². The van der Waals surface area contributed by atoms with Crippen molar-refractivity contribution in [3.05, 3.63) is 59.7 Å². The summed E-state index contributed by atoms with van der Waals surface area (Å²) >= 11 is 0. The summed E-state index contributed by atoms with van der Waals surface area (Å²) in [7, 11) is 4.04. The van der Waals surface area contributed by atoms with E-state index in [1.165, 1.54) is 16.7 Å². The molecule has 24 heavy (non-hydrogen) atoms. The minimum atomic E-state index is 0.366. The van der Waals surface area contributed by atoms with Crippen LogP contribution in [0.1, 0.15) is 22.7 Å². The number of quaternary nitrogens is 1. The zero-order chi connectivity index (χ0) is 16.9. The van der Waals surface area contributed by atoms with Gasteiger partial charge in [0.15, 0.2) is 0 Å². The van der Waals surface area contributed by atoms with Gasteiger partial charge in [-0.15, -0.1) is 0 Å². The highest BCUT2D eigenvalue weighted by atomic mass is 16.5. The molecule has 2 aromatic carbocycles. The third-order valence-electron chi connectivity index (χ3n) is 5.81. The largest absolute Gasteiger partial charge is 0.507 e. The molecule has 0 saturated carbocycles. The molecule has 0 radical (unpaired) electrons. The standard InChI is InChI=1S/C21H23NO2/c1-4-9-22(2)10-8-15-11-16(24-3)13-17-20(15)18(22)12-14-6-5-7-19(23)21(14)17/h4-7,11,13,18H,1,8-10,12H2,2-3H3/p+1/t18?,22-/m0/s1. The molecule has 0 spiro atoms. The number of phenols is 1. The lowest BCUT2D eigenvalue weighted by atomic mass is 9.75. The zero-order valence-electron chi connectivity index (χ0n) is 14.4. The molecule has 4 rings (SSSR count). The van der Waals surface area contributed by atoms with Crippen molar-refractivity contribution in [1.29, 1.82) is 0 Å². The van der Waals surface area contributed by atoms with Crippen LogP contribution in [0.5, 0.6) is 11.5 Å². The average Bonchev–Trinajstić information content (AvgIpc) is 2.58. The number of benzene rings is 2. The smallest absolute Gasteiger partial charge is 0.123 e. The SMILES string of the molecule is C=CC[N@@+]1(C)CCc2cc(OC)cc3c2C1Cc1cccc(O)c1-3. The summed E-state index contributed by atoms with van der Waals surface area (Å²) in [5.41, 5.74) is 6.10. The Morgan fingerprint density at radius 1 is 1.33 bits per heavy atom. The summed E-state index contributed by atoms with van der Waals surface area (Å²) in [6.45, 7) is 6.04. The third-order valence-corrected chi connectivity index (χ3v) is 5.81. The first-order valence-electron chi connectivity index (χ1n) is 8.54. The molecule has 1 unspecified atom stereocenters. The van der Waals surface area contributed by atoms with Gasteiger partial charge in [-0.1, -0.05) is 18.7 Å². The second-order valence-corrected chi connectivity index (χ2v) is 7.20. The lowest BCUT2D eigenvalue weighted by molar-refractivity contribution is -0.936. The molecular weight excluding hydrogens is 298 g/mol. The summed E-state index contributed by atoms with van der Waals surface area (Å²) < 4.78 is 6.51. The van der Waals surface area contributed by atoms with E-state index in [0.29, 0.717) is 11.8 Å². The molecule has 2 atom stereocenters. The number of aromatic hydroxyl groups is 1. The molecule has 2 aromatic rings. The van der Waals surface area contributed by atoms with Crippen LogP contribution >= 0.6 is 0 Å². The normalized spacial score (nSPS) is 24.0. The average molecular weight is 322 g/mol. The van der Waals surface area contributed by atoms with Crippen LogP contribution < -0.4 is 4.74 Å². The molecule has 0 saturated heterocycles. The predicted octanol–water partition coefficient (Wildman–Crippen LogP) is 3.85. The number of hydrogen-bond acceptors (Lipinski definition) is 2. The van der Waals surface area contributed by atoms with E-state index in [0.717, 1.165) is 47.3 Å². The van der Waals surface area contributed by atoms with Gasteiger partial charge in [-0.25, -0.2) is 0 Å². The Morgan fingerprint density at radius 2 is 2.17 bits per heavy atom. The van der Waals surface area contributed by atoms with E-state index >= 15 is 0 Å². The van der Waals surface area contributed by atoms with Crippen molar-refractivity contribution < 1.29 is 14.3 Å². The minimum Gasteiger partial charge on any atom is -0.507 e. The van der Waals surface area contributed by atoms with Crippen LogP contribution in [0.2, 0.25) is 0 Å². The van der Waals surface area contributed by atoms with Gasteiger partial charge in [-0.3, -0.25) is 0 Å². The van der Waals surface area contributed by atoms with Crippen LogP contribution in [0.15, 0.2) is 43.0 Å². The van der Waals surface area contributed by atoms with Crippen LogP contribution in [0.4, 0.5) is 0 Å². The fraction of sp³-hybridized carbons (Fsp3) is 0.333. The van der Waals surface area contributed by atoms with Gasteiger partial charge in [0, 0.05) is 24.0 Å². The highest BCUT2D eigenvalue weighted by molar-refractivity contribution is 5.81. The van der Waals surface area contributed by atoms with Gasteiger partial charge in [0.25, 0.3) is 0 Å². The number of fused-ring (bicyclic) bond motifs is 2. The molecule has 0 amide bonds. The van der Waals surface area contributed by atoms with E-state index < -0.39 is 0 Å². The number of hydrogen-bond donors (Lipinski definition) is 1. The highest BCUT2D eigenvalue weighted by Gasteiger charge is 2.43. The van der Waals surface area contributed by atoms with Gasteiger partial charge in [-0.2, -0.15) is 0 Å². The molecule has 1 N–H and O–H groups in total. The third kappa shape index (κ3) is 2.08. The van der Waals surface area contributed by atoms with E-state index in [-0.39, 0.29) is 0 Å². The van der Waals surface area contributed by atoms with Gasteiger partial charge in [0.1, 0.15) is 17.5 Å². The first-order valence-corrected chi connectivity index (χ1v) is 8.54. The number of ether oxygens (including phenoxy) is 1. The summed E-state index contributed by atoms with van der Waals surface area (Å²) in [5, 5.41) is 10.5. The van der Waals surface area contributed by atoms with Crippen LogP contribution in [0.3, 0.4) is 0 Å². The van der Waals surface area contributed by atoms with Crippen molar-refractivity contribution in [1.82, 2.24) is 0 Å². The lowest BCUT2D eigenvalue weighted by Gasteiger charge is -2.48. The Morgan fingerprint density at radius 3 is 2.92 bits per heavy atom. The maximum absolute atomic E-state index is 10.5. The Balaban J connectivity index is 2.01. The van der Waals surface area contributed by atoms with Gasteiger partial charge in [0.05, 0.1) is 27.2 Å². The number of methoxy groups -OCH3 is 1. The van der Waals surface area contributed by atoms with E-state index in [1.807, 2.05) is 12.1 Å². The minimum absolute atomic E-state index is 0.366. The quantitative estimate of drug-likeness (QED) is 0.687.